The van der Waals surface area contributed by atoms with Crippen LogP contribution >= 0.6 is 0 Å². The third-order valence-electron chi connectivity index (χ3n) is 19.3. The highest BCUT2D eigenvalue weighted by Gasteiger charge is 2.24. The van der Waals surface area contributed by atoms with E-state index in [0.717, 1.165) is 34.1 Å². The van der Waals surface area contributed by atoms with E-state index in [-0.39, 0.29) is 0 Å². The van der Waals surface area contributed by atoms with Gasteiger partial charge < -0.3 is 9.80 Å². The van der Waals surface area contributed by atoms with Crippen molar-refractivity contribution in [3.63, 3.8) is 0 Å². The highest BCUT2D eigenvalue weighted by atomic mass is 15.1. The fourth-order valence-corrected chi connectivity index (χ4v) is 14.7. The number of allylic oxidation sites excluding steroid dienone is 2. The molecule has 0 radical (unpaired) electrons. The third-order valence-corrected chi connectivity index (χ3v) is 19.3. The summed E-state index contributed by atoms with van der Waals surface area (Å²) in [6.45, 7) is 4.33. The van der Waals surface area contributed by atoms with Crippen LogP contribution in [0.5, 0.6) is 0 Å². The van der Waals surface area contributed by atoms with Gasteiger partial charge in [-0.2, -0.15) is 0 Å². The molecule has 88 heavy (non-hydrogen) atoms. The number of aryl methyl sites for hydroxylation is 2. The molecule has 0 N–H and O–H groups in total. The molecular formula is C86H70N2. The van der Waals surface area contributed by atoms with Crippen LogP contribution < -0.4 is 9.80 Å². The average molecular weight is 1130 g/mol. The van der Waals surface area contributed by atoms with Crippen molar-refractivity contribution in [2.24, 2.45) is 0 Å². The van der Waals surface area contributed by atoms with Crippen LogP contribution in [0.15, 0.2) is 242 Å². The van der Waals surface area contributed by atoms with Crippen LogP contribution in [0.2, 0.25) is 0 Å². The topological polar surface area (TPSA) is 6.48 Å². The molecule has 0 bridgehead atoms. The standard InChI is InChI=1S/C86H70N2/c1-57-19-39-67(40-20-57)87(69-43-35-61(36-44-69)25-23-59-27-31-65(32-28-59)55-63-11-5-3-6-12-63)81-53-51-73-77-49-48-76-72-16-10-18-80-82(54-52-74(84(72)80)78-50-47-75(85(77)86(76)78)71-15-9-17-79(81)83(71)73)88(68-41-21-58(2)22-42-68)70-45-37-62(38-46-70)26-24-60-29-33-66(34-30-60)56-64-13-7-4-8-14-64/h9-10,15-56H,3-8,11-14H2,1-2H3/b25-23+,26-24+. The van der Waals surface area contributed by atoms with E-state index in [0.29, 0.717) is 0 Å². The summed E-state index contributed by atoms with van der Waals surface area (Å²) in [7, 11) is 0. The van der Waals surface area contributed by atoms with Gasteiger partial charge in [0, 0.05) is 33.5 Å². The second-order valence-corrected chi connectivity index (χ2v) is 25.0. The summed E-state index contributed by atoms with van der Waals surface area (Å²) >= 11 is 0. The zero-order valence-corrected chi connectivity index (χ0v) is 50.4. The monoisotopic (exact) mass is 1130 g/mol. The molecular weight excluding hydrogens is 1060 g/mol. The summed E-state index contributed by atoms with van der Waals surface area (Å²) in [6.07, 6.45) is 26.7. The van der Waals surface area contributed by atoms with Gasteiger partial charge in [0.05, 0.1) is 11.4 Å². The number of hydrogen-bond donors (Lipinski definition) is 0. The Morgan fingerprint density at radius 1 is 0.239 bits per heavy atom. The molecule has 14 aromatic carbocycles. The first-order valence-corrected chi connectivity index (χ1v) is 32.0. The van der Waals surface area contributed by atoms with Gasteiger partial charge in [-0.1, -0.05) is 241 Å². The summed E-state index contributed by atoms with van der Waals surface area (Å²) in [5.74, 6) is 0. The van der Waals surface area contributed by atoms with Crippen LogP contribution in [0.1, 0.15) is 109 Å². The van der Waals surface area contributed by atoms with E-state index in [9.17, 15) is 0 Å². The number of benzene rings is 14. The first-order chi connectivity index (χ1) is 43.4. The number of rotatable bonds is 12. The van der Waals surface area contributed by atoms with Crippen molar-refractivity contribution in [3.05, 3.63) is 286 Å². The van der Waals surface area contributed by atoms with Gasteiger partial charge >= 0.3 is 0 Å². The highest BCUT2D eigenvalue weighted by Crippen LogP contribution is 2.51. The summed E-state index contributed by atoms with van der Waals surface area (Å²) in [5, 5.41) is 18.0. The molecule has 0 spiro atoms. The maximum atomic E-state index is 2.45. The Kier molecular flexibility index (Phi) is 13.8. The van der Waals surface area contributed by atoms with E-state index >= 15 is 0 Å². The SMILES string of the molecule is Cc1ccc(N(c2ccc(/C=C/c3ccc(C=C4CCCCC4)cc3)cc2)c2ccc3c4ccc5c6cccc7c(N(c8ccc(C)cc8)c8ccc(/C=C/c9ccc(C=C%10CCCCC%10)cc9)cc8)ccc(c8ccc(c9cccc2c93)c4c58)c76)cc1. The average Bonchev–Trinajstić information content (AvgIpc) is 0.718. The van der Waals surface area contributed by atoms with Crippen LogP contribution in [0.4, 0.5) is 34.1 Å². The van der Waals surface area contributed by atoms with Crippen LogP contribution in [-0.4, -0.2) is 0 Å². The van der Waals surface area contributed by atoms with Crippen LogP contribution in [0.3, 0.4) is 0 Å². The fourth-order valence-electron chi connectivity index (χ4n) is 14.7. The van der Waals surface area contributed by atoms with Crippen molar-refractivity contribution in [2.75, 3.05) is 9.80 Å². The molecule has 0 aliphatic heterocycles. The van der Waals surface area contributed by atoms with Crippen molar-refractivity contribution < 1.29 is 0 Å². The van der Waals surface area contributed by atoms with E-state index in [1.807, 2.05) is 0 Å². The maximum absolute atomic E-state index is 2.45. The lowest BCUT2D eigenvalue weighted by molar-refractivity contribution is 0.602. The van der Waals surface area contributed by atoms with E-state index in [2.05, 4.69) is 291 Å². The van der Waals surface area contributed by atoms with Gasteiger partial charge in [0.25, 0.3) is 0 Å². The zero-order chi connectivity index (χ0) is 58.7. The van der Waals surface area contributed by atoms with E-state index in [1.165, 1.54) is 184 Å². The molecule has 2 nitrogen and oxygen atoms in total. The Balaban J connectivity index is 0.758. The molecule has 424 valence electrons. The van der Waals surface area contributed by atoms with Crippen molar-refractivity contribution in [1.29, 1.82) is 0 Å². The molecule has 0 unspecified atom stereocenters. The van der Waals surface area contributed by atoms with Gasteiger partial charge in [0.1, 0.15) is 0 Å². The second-order valence-electron chi connectivity index (χ2n) is 25.0. The number of anilines is 6. The maximum Gasteiger partial charge on any atom is 0.0540 e. The molecule has 2 fully saturated rings. The Morgan fingerprint density at radius 2 is 0.500 bits per heavy atom. The Hall–Kier alpha value is -10.0. The molecule has 14 aromatic rings. The summed E-state index contributed by atoms with van der Waals surface area (Å²) in [5.41, 5.74) is 19.9. The second kappa shape index (κ2) is 22.7. The van der Waals surface area contributed by atoms with Crippen LogP contribution in [0.25, 0.3) is 112 Å². The normalized spacial score (nSPS) is 14.1. The number of hydrogen-bond acceptors (Lipinski definition) is 2. The predicted molar refractivity (Wildman–Crippen MR) is 383 cm³/mol. The first-order valence-electron chi connectivity index (χ1n) is 32.0. The van der Waals surface area contributed by atoms with Crippen LogP contribution in [-0.2, 0) is 0 Å². The van der Waals surface area contributed by atoms with Crippen molar-refractivity contribution in [2.45, 2.75) is 78.1 Å². The minimum absolute atomic E-state index is 1.12. The van der Waals surface area contributed by atoms with Gasteiger partial charge in [0.15, 0.2) is 0 Å². The summed E-state index contributed by atoms with van der Waals surface area (Å²) < 4.78 is 0. The Labute approximate surface area is 517 Å². The molecule has 0 aromatic heterocycles. The summed E-state index contributed by atoms with van der Waals surface area (Å²) in [6, 6.07) is 87.2. The van der Waals surface area contributed by atoms with Gasteiger partial charge in [0.2, 0.25) is 0 Å². The lowest BCUT2D eigenvalue weighted by Crippen LogP contribution is -2.10. The predicted octanol–water partition coefficient (Wildman–Crippen LogP) is 25.2. The summed E-state index contributed by atoms with van der Waals surface area (Å²) in [4.78, 5) is 4.89. The van der Waals surface area contributed by atoms with Crippen molar-refractivity contribution >= 4 is 146 Å². The van der Waals surface area contributed by atoms with E-state index < -0.39 is 0 Å². The molecule has 2 saturated carbocycles. The first kappa shape index (κ1) is 53.5. The minimum Gasteiger partial charge on any atom is -0.310 e. The van der Waals surface area contributed by atoms with E-state index in [4.69, 9.17) is 0 Å². The fraction of sp³-hybridized carbons (Fsp3) is 0.140. The molecule has 2 aliphatic carbocycles. The smallest absolute Gasteiger partial charge is 0.0540 e. The molecule has 0 amide bonds. The molecule has 0 heterocycles. The Morgan fingerprint density at radius 3 is 0.841 bits per heavy atom. The minimum atomic E-state index is 1.12. The quantitative estimate of drug-likeness (QED) is 0.0683. The number of fused-ring (bicyclic) bond motifs is 4. The largest absolute Gasteiger partial charge is 0.310 e. The van der Waals surface area contributed by atoms with Gasteiger partial charge in [-0.25, -0.2) is 0 Å². The molecule has 0 atom stereocenters. The third kappa shape index (κ3) is 9.88. The van der Waals surface area contributed by atoms with Gasteiger partial charge in [-0.3, -0.25) is 0 Å². The number of nitrogens with zero attached hydrogens (tertiary/aromatic N) is 2. The molecule has 2 heteroatoms. The highest BCUT2D eigenvalue weighted by molar-refractivity contribution is 6.43. The molecule has 2 aliphatic rings. The van der Waals surface area contributed by atoms with E-state index in [1.54, 1.807) is 11.1 Å². The van der Waals surface area contributed by atoms with Crippen LogP contribution in [0, 0.1) is 13.8 Å². The van der Waals surface area contributed by atoms with Gasteiger partial charge in [-0.05, 0) is 224 Å². The lowest BCUT2D eigenvalue weighted by Gasteiger charge is -2.29. The molecule has 0 saturated heterocycles. The zero-order valence-electron chi connectivity index (χ0n) is 50.4. The molecule has 16 rings (SSSR count). The lowest BCUT2D eigenvalue weighted by atomic mass is 9.83. The Bertz CT molecular complexity index is 4630. The van der Waals surface area contributed by atoms with Gasteiger partial charge in [-0.15, -0.1) is 0 Å². The van der Waals surface area contributed by atoms with Crippen molar-refractivity contribution in [1.82, 2.24) is 0 Å². The van der Waals surface area contributed by atoms with Crippen molar-refractivity contribution in [3.8, 4) is 0 Å².